The summed E-state index contributed by atoms with van der Waals surface area (Å²) in [5.41, 5.74) is 1.44. The zero-order valence-corrected chi connectivity index (χ0v) is 14.2. The number of benzene rings is 1. The van der Waals surface area contributed by atoms with E-state index in [0.717, 1.165) is 58.8 Å². The smallest absolute Gasteiger partial charge is 0.222 e. The second-order valence-corrected chi connectivity index (χ2v) is 7.05. The molecule has 0 aromatic heterocycles. The van der Waals surface area contributed by atoms with Gasteiger partial charge in [0.1, 0.15) is 0 Å². The third-order valence-corrected chi connectivity index (χ3v) is 5.26. The lowest BCUT2D eigenvalue weighted by molar-refractivity contribution is -0.135. The molecule has 2 saturated heterocycles. The minimum absolute atomic E-state index is 0.0914. The van der Waals surface area contributed by atoms with Gasteiger partial charge in [0.15, 0.2) is 0 Å². The molecule has 23 heavy (non-hydrogen) atoms. The first-order chi connectivity index (χ1) is 11.2. The van der Waals surface area contributed by atoms with E-state index in [1.165, 1.54) is 5.56 Å². The lowest BCUT2D eigenvalue weighted by Gasteiger charge is -2.41. The lowest BCUT2D eigenvalue weighted by atomic mass is 9.75. The molecule has 0 aliphatic carbocycles. The summed E-state index contributed by atoms with van der Waals surface area (Å²) < 4.78 is 5.38. The molecule has 1 atom stereocenters. The van der Waals surface area contributed by atoms with Crippen molar-refractivity contribution < 1.29 is 9.53 Å². The molecule has 3 rings (SSSR count). The van der Waals surface area contributed by atoms with Gasteiger partial charge in [-0.25, -0.2) is 0 Å². The highest BCUT2D eigenvalue weighted by Gasteiger charge is 2.35. The number of nitrogens with zero attached hydrogens (tertiary/aromatic N) is 2. The van der Waals surface area contributed by atoms with Gasteiger partial charge in [-0.3, -0.25) is 9.69 Å². The summed E-state index contributed by atoms with van der Waals surface area (Å²) in [7, 11) is 0. The molecule has 0 unspecified atom stereocenters. The Hall–Kier alpha value is -1.39. The van der Waals surface area contributed by atoms with E-state index in [0.29, 0.717) is 12.3 Å². The minimum atomic E-state index is 0.0914. The van der Waals surface area contributed by atoms with Gasteiger partial charge < -0.3 is 9.64 Å². The molecule has 1 amide bonds. The monoisotopic (exact) mass is 316 g/mol. The van der Waals surface area contributed by atoms with Crippen molar-refractivity contribution in [3.63, 3.8) is 0 Å². The molecule has 0 spiro atoms. The zero-order chi connectivity index (χ0) is 16.1. The zero-order valence-electron chi connectivity index (χ0n) is 14.2. The summed E-state index contributed by atoms with van der Waals surface area (Å²) in [5, 5.41) is 0. The van der Waals surface area contributed by atoms with E-state index in [-0.39, 0.29) is 5.41 Å². The van der Waals surface area contributed by atoms with Gasteiger partial charge in [0, 0.05) is 44.6 Å². The Morgan fingerprint density at radius 1 is 1.13 bits per heavy atom. The quantitative estimate of drug-likeness (QED) is 0.835. The van der Waals surface area contributed by atoms with Gasteiger partial charge in [-0.15, -0.1) is 0 Å². The summed E-state index contributed by atoms with van der Waals surface area (Å²) >= 11 is 0. The van der Waals surface area contributed by atoms with E-state index in [4.69, 9.17) is 4.74 Å². The maximum atomic E-state index is 12.3. The second kappa shape index (κ2) is 7.45. The fourth-order valence-electron chi connectivity index (χ4n) is 3.72. The van der Waals surface area contributed by atoms with Crippen LogP contribution in [0.3, 0.4) is 0 Å². The summed E-state index contributed by atoms with van der Waals surface area (Å²) in [5.74, 6) is 0.320. The Bertz CT molecular complexity index is 513. The van der Waals surface area contributed by atoms with Crippen LogP contribution < -0.4 is 0 Å². The first kappa shape index (κ1) is 16.5. The molecule has 0 bridgehead atoms. The summed E-state index contributed by atoms with van der Waals surface area (Å²) in [6, 6.07) is 10.6. The number of piperidine rings is 1. The average Bonchev–Trinajstić information content (AvgIpc) is 2.60. The number of carbonyl (C=O) groups excluding carboxylic acids is 1. The standard InChI is InChI=1S/C19H28N2O2/c1-19(17-6-3-2-4-7-17)9-8-18(22)21(16-19)11-5-10-20-12-14-23-15-13-20/h2-4,6-7H,5,8-16H2,1H3/t19-/m1/s1. The number of ether oxygens (including phenoxy) is 1. The molecule has 1 aromatic carbocycles. The van der Waals surface area contributed by atoms with Crippen LogP contribution >= 0.6 is 0 Å². The van der Waals surface area contributed by atoms with Crippen molar-refractivity contribution in [1.29, 1.82) is 0 Å². The van der Waals surface area contributed by atoms with E-state index in [1.54, 1.807) is 0 Å². The molecule has 0 N–H and O–H groups in total. The van der Waals surface area contributed by atoms with Crippen LogP contribution in [0.15, 0.2) is 30.3 Å². The van der Waals surface area contributed by atoms with Crippen molar-refractivity contribution in [2.45, 2.75) is 31.6 Å². The molecule has 0 saturated carbocycles. The Morgan fingerprint density at radius 2 is 1.87 bits per heavy atom. The predicted octanol–water partition coefficient (Wildman–Crippen LogP) is 2.29. The summed E-state index contributed by atoms with van der Waals surface area (Å²) in [6.45, 7) is 8.81. The molecule has 2 fully saturated rings. The largest absolute Gasteiger partial charge is 0.379 e. The van der Waals surface area contributed by atoms with Gasteiger partial charge >= 0.3 is 0 Å². The third kappa shape index (κ3) is 4.12. The number of carbonyl (C=O) groups is 1. The Labute approximate surface area is 139 Å². The van der Waals surface area contributed by atoms with Crippen LogP contribution in [0.2, 0.25) is 0 Å². The molecule has 2 heterocycles. The highest BCUT2D eigenvalue weighted by molar-refractivity contribution is 5.77. The van der Waals surface area contributed by atoms with Crippen LogP contribution in [0.1, 0.15) is 31.7 Å². The van der Waals surface area contributed by atoms with Crippen LogP contribution in [0, 0.1) is 0 Å². The predicted molar refractivity (Wildman–Crippen MR) is 91.5 cm³/mol. The van der Waals surface area contributed by atoms with Gasteiger partial charge in [-0.2, -0.15) is 0 Å². The maximum Gasteiger partial charge on any atom is 0.222 e. The molecular weight excluding hydrogens is 288 g/mol. The Morgan fingerprint density at radius 3 is 2.61 bits per heavy atom. The average molecular weight is 316 g/mol. The van der Waals surface area contributed by atoms with Crippen molar-refractivity contribution in [2.24, 2.45) is 0 Å². The number of hydrogen-bond donors (Lipinski definition) is 0. The molecular formula is C19H28N2O2. The minimum Gasteiger partial charge on any atom is -0.379 e. The first-order valence-corrected chi connectivity index (χ1v) is 8.81. The van der Waals surface area contributed by atoms with Crippen molar-refractivity contribution >= 4 is 5.91 Å². The van der Waals surface area contributed by atoms with Crippen molar-refractivity contribution in [2.75, 3.05) is 45.9 Å². The van der Waals surface area contributed by atoms with Crippen LogP contribution in [-0.2, 0) is 14.9 Å². The van der Waals surface area contributed by atoms with Crippen molar-refractivity contribution in [3.8, 4) is 0 Å². The topological polar surface area (TPSA) is 32.8 Å². The number of likely N-dealkylation sites (tertiary alicyclic amines) is 1. The van der Waals surface area contributed by atoms with Crippen LogP contribution in [-0.4, -0.2) is 61.6 Å². The normalized spacial score (nSPS) is 26.5. The van der Waals surface area contributed by atoms with Gasteiger partial charge in [0.2, 0.25) is 5.91 Å². The van der Waals surface area contributed by atoms with Crippen LogP contribution in [0.5, 0.6) is 0 Å². The van der Waals surface area contributed by atoms with Gasteiger partial charge in [-0.05, 0) is 18.4 Å². The highest BCUT2D eigenvalue weighted by atomic mass is 16.5. The number of amides is 1. The maximum absolute atomic E-state index is 12.3. The van der Waals surface area contributed by atoms with Gasteiger partial charge in [-0.1, -0.05) is 37.3 Å². The first-order valence-electron chi connectivity index (χ1n) is 8.81. The van der Waals surface area contributed by atoms with E-state index < -0.39 is 0 Å². The van der Waals surface area contributed by atoms with E-state index in [2.05, 4.69) is 47.1 Å². The SMILES string of the molecule is C[C@@]1(c2ccccc2)CCC(=O)N(CCCN2CCOCC2)C1. The molecule has 1 aromatic rings. The molecule has 4 nitrogen and oxygen atoms in total. The fraction of sp³-hybridized carbons (Fsp3) is 0.632. The van der Waals surface area contributed by atoms with Crippen LogP contribution in [0.4, 0.5) is 0 Å². The van der Waals surface area contributed by atoms with Gasteiger partial charge in [0.25, 0.3) is 0 Å². The molecule has 2 aliphatic rings. The molecule has 2 aliphatic heterocycles. The Balaban J connectivity index is 1.54. The molecule has 4 heteroatoms. The second-order valence-electron chi connectivity index (χ2n) is 7.05. The van der Waals surface area contributed by atoms with Crippen molar-refractivity contribution in [1.82, 2.24) is 9.80 Å². The Kier molecular flexibility index (Phi) is 5.34. The lowest BCUT2D eigenvalue weighted by Crippen LogP contribution is -2.48. The van der Waals surface area contributed by atoms with E-state index in [9.17, 15) is 4.79 Å². The van der Waals surface area contributed by atoms with E-state index >= 15 is 0 Å². The number of morpholine rings is 1. The van der Waals surface area contributed by atoms with Crippen LogP contribution in [0.25, 0.3) is 0 Å². The molecule has 126 valence electrons. The number of rotatable bonds is 5. The van der Waals surface area contributed by atoms with E-state index in [1.807, 2.05) is 0 Å². The number of hydrogen-bond acceptors (Lipinski definition) is 3. The highest BCUT2D eigenvalue weighted by Crippen LogP contribution is 2.34. The fourth-order valence-corrected chi connectivity index (χ4v) is 3.72. The summed E-state index contributed by atoms with van der Waals surface area (Å²) in [6.07, 6.45) is 2.68. The van der Waals surface area contributed by atoms with Gasteiger partial charge in [0.05, 0.1) is 13.2 Å². The van der Waals surface area contributed by atoms with Crippen molar-refractivity contribution in [3.05, 3.63) is 35.9 Å². The molecule has 0 radical (unpaired) electrons. The summed E-state index contributed by atoms with van der Waals surface area (Å²) in [4.78, 5) is 16.8. The third-order valence-electron chi connectivity index (χ3n) is 5.26.